The molecular weight excluding hydrogens is 162 g/mol. The minimum absolute atomic E-state index is 0.630. The lowest BCUT2D eigenvalue weighted by molar-refractivity contribution is 0.826. The van der Waals surface area contributed by atoms with Crippen molar-refractivity contribution in [2.45, 2.75) is 26.8 Å². The zero-order valence-corrected chi connectivity index (χ0v) is 8.09. The highest BCUT2D eigenvalue weighted by atomic mass is 15.0. The Morgan fingerprint density at radius 3 is 2.54 bits per heavy atom. The van der Waals surface area contributed by atoms with Crippen LogP contribution in [0.2, 0.25) is 0 Å². The monoisotopic (exact) mass is 177 g/mol. The van der Waals surface area contributed by atoms with Gasteiger partial charge in [-0.25, -0.2) is 0 Å². The third-order valence-electron chi connectivity index (χ3n) is 2.29. The van der Waals surface area contributed by atoms with Crippen molar-refractivity contribution < 1.29 is 0 Å². The molecule has 0 spiro atoms. The van der Waals surface area contributed by atoms with Gasteiger partial charge in [-0.05, 0) is 31.2 Å². The molecule has 0 radical (unpaired) electrons. The molecule has 3 heteroatoms. The van der Waals surface area contributed by atoms with Crippen molar-refractivity contribution in [1.29, 1.82) is 10.8 Å². The molecule has 1 heterocycles. The summed E-state index contributed by atoms with van der Waals surface area (Å²) in [7, 11) is 0. The van der Waals surface area contributed by atoms with Gasteiger partial charge in [-0.1, -0.05) is 0 Å². The van der Waals surface area contributed by atoms with Crippen LogP contribution in [0.15, 0.2) is 6.20 Å². The fourth-order valence-electron chi connectivity index (χ4n) is 1.57. The minimum atomic E-state index is 0.630. The van der Waals surface area contributed by atoms with E-state index in [-0.39, 0.29) is 0 Å². The second-order valence-electron chi connectivity index (χ2n) is 3.14. The van der Waals surface area contributed by atoms with Gasteiger partial charge in [0.2, 0.25) is 0 Å². The second kappa shape index (κ2) is 4.03. The first-order valence-electron chi connectivity index (χ1n) is 4.33. The summed E-state index contributed by atoms with van der Waals surface area (Å²) in [6.07, 6.45) is 5.55. The highest BCUT2D eigenvalue weighted by Gasteiger charge is 2.06. The van der Waals surface area contributed by atoms with Crippen LogP contribution >= 0.6 is 0 Å². The zero-order chi connectivity index (χ0) is 9.84. The van der Waals surface area contributed by atoms with Crippen LogP contribution in [0.4, 0.5) is 0 Å². The number of nitrogens with one attached hydrogen (secondary N) is 2. The van der Waals surface area contributed by atoms with Crippen LogP contribution < -0.4 is 0 Å². The van der Waals surface area contributed by atoms with E-state index in [4.69, 9.17) is 10.8 Å². The Morgan fingerprint density at radius 1 is 1.31 bits per heavy atom. The normalized spacial score (nSPS) is 10.0. The Bertz CT molecular complexity index is 323. The van der Waals surface area contributed by atoms with Gasteiger partial charge in [0, 0.05) is 24.5 Å². The summed E-state index contributed by atoms with van der Waals surface area (Å²) in [5.74, 6) is 0. The molecule has 70 valence electrons. The summed E-state index contributed by atoms with van der Waals surface area (Å²) in [5.41, 5.74) is 3.60. The van der Waals surface area contributed by atoms with Gasteiger partial charge in [0.25, 0.3) is 0 Å². The number of aryl methyl sites for hydroxylation is 1. The molecule has 3 nitrogen and oxygen atoms in total. The van der Waals surface area contributed by atoms with Gasteiger partial charge in [0.15, 0.2) is 0 Å². The van der Waals surface area contributed by atoms with Crippen molar-refractivity contribution in [2.75, 3.05) is 0 Å². The first-order chi connectivity index (χ1) is 6.20. The summed E-state index contributed by atoms with van der Waals surface area (Å²) in [5, 5.41) is 14.1. The molecule has 13 heavy (non-hydrogen) atoms. The lowest BCUT2D eigenvalue weighted by atomic mass is 10.1. The fraction of sp³-hybridized carbons (Fsp3) is 0.400. The van der Waals surface area contributed by atoms with Crippen molar-refractivity contribution in [2.24, 2.45) is 0 Å². The average molecular weight is 177 g/mol. The maximum Gasteiger partial charge on any atom is 0.0568 e. The van der Waals surface area contributed by atoms with E-state index < -0.39 is 0 Å². The third kappa shape index (κ3) is 1.86. The van der Waals surface area contributed by atoms with Crippen LogP contribution in [0.1, 0.15) is 16.8 Å². The van der Waals surface area contributed by atoms with Crippen molar-refractivity contribution in [3.63, 3.8) is 0 Å². The van der Waals surface area contributed by atoms with E-state index in [0.29, 0.717) is 13.0 Å². The number of hydrogen-bond acceptors (Lipinski definition) is 2. The van der Waals surface area contributed by atoms with Gasteiger partial charge in [0.05, 0.1) is 6.54 Å². The lowest BCUT2D eigenvalue weighted by Gasteiger charge is -2.01. The SMILES string of the molecule is Cc1cn(CC=N)c(C)c1CC=N. The Kier molecular flexibility index (Phi) is 3.01. The van der Waals surface area contributed by atoms with Crippen LogP contribution in [0.25, 0.3) is 0 Å². The summed E-state index contributed by atoms with van der Waals surface area (Å²) in [6.45, 7) is 4.71. The molecule has 0 aliphatic carbocycles. The minimum Gasteiger partial charge on any atom is -0.346 e. The fourth-order valence-corrected chi connectivity index (χ4v) is 1.57. The summed E-state index contributed by atoms with van der Waals surface area (Å²) >= 11 is 0. The molecule has 1 aromatic heterocycles. The smallest absolute Gasteiger partial charge is 0.0568 e. The van der Waals surface area contributed by atoms with Crippen molar-refractivity contribution >= 4 is 12.4 Å². The van der Waals surface area contributed by atoms with Gasteiger partial charge >= 0.3 is 0 Å². The number of hydrogen-bond donors (Lipinski definition) is 2. The van der Waals surface area contributed by atoms with Gasteiger partial charge in [-0.3, -0.25) is 0 Å². The van der Waals surface area contributed by atoms with Gasteiger partial charge < -0.3 is 15.4 Å². The molecule has 0 atom stereocenters. The first kappa shape index (κ1) is 9.71. The molecule has 1 rings (SSSR count). The standard InChI is InChI=1S/C10H15N3/c1-8-7-13(6-5-12)9(2)10(8)3-4-11/h4-5,7,11-12H,3,6H2,1-2H3. The van der Waals surface area contributed by atoms with Crippen LogP contribution in [0.5, 0.6) is 0 Å². The summed E-state index contributed by atoms with van der Waals surface area (Å²) in [6, 6.07) is 0. The molecule has 0 aromatic carbocycles. The van der Waals surface area contributed by atoms with Crippen LogP contribution in [0.3, 0.4) is 0 Å². The van der Waals surface area contributed by atoms with E-state index in [1.807, 2.05) is 24.6 Å². The van der Waals surface area contributed by atoms with Crippen molar-refractivity contribution in [1.82, 2.24) is 4.57 Å². The van der Waals surface area contributed by atoms with Crippen LogP contribution in [0, 0.1) is 24.7 Å². The van der Waals surface area contributed by atoms with Crippen molar-refractivity contribution in [3.8, 4) is 0 Å². The number of nitrogens with zero attached hydrogens (tertiary/aromatic N) is 1. The van der Waals surface area contributed by atoms with Gasteiger partial charge in [0.1, 0.15) is 0 Å². The molecule has 0 aliphatic heterocycles. The van der Waals surface area contributed by atoms with Gasteiger partial charge in [-0.2, -0.15) is 0 Å². The Balaban J connectivity index is 3.05. The highest BCUT2D eigenvalue weighted by molar-refractivity contribution is 5.60. The Labute approximate surface area is 78.4 Å². The maximum absolute atomic E-state index is 7.07. The Morgan fingerprint density at radius 2 is 2.00 bits per heavy atom. The number of aromatic nitrogens is 1. The Hall–Kier alpha value is -1.38. The lowest BCUT2D eigenvalue weighted by Crippen LogP contribution is -2.00. The molecule has 1 aromatic rings. The van der Waals surface area contributed by atoms with Crippen LogP contribution in [-0.4, -0.2) is 17.0 Å². The third-order valence-corrected chi connectivity index (χ3v) is 2.29. The molecule has 2 N–H and O–H groups in total. The second-order valence-corrected chi connectivity index (χ2v) is 3.14. The average Bonchev–Trinajstić information content (AvgIpc) is 2.34. The molecule has 0 fully saturated rings. The van der Waals surface area contributed by atoms with E-state index in [1.54, 1.807) is 0 Å². The molecular formula is C10H15N3. The molecule has 0 amide bonds. The molecule has 0 saturated heterocycles. The summed E-state index contributed by atoms with van der Waals surface area (Å²) in [4.78, 5) is 0. The highest BCUT2D eigenvalue weighted by Crippen LogP contribution is 2.15. The van der Waals surface area contributed by atoms with E-state index in [9.17, 15) is 0 Å². The maximum atomic E-state index is 7.07. The molecule has 0 unspecified atom stereocenters. The van der Waals surface area contributed by atoms with E-state index in [0.717, 1.165) is 0 Å². The predicted octanol–water partition coefficient (Wildman–Crippen LogP) is 1.95. The van der Waals surface area contributed by atoms with Gasteiger partial charge in [-0.15, -0.1) is 0 Å². The molecule has 0 aliphatic rings. The summed E-state index contributed by atoms with van der Waals surface area (Å²) < 4.78 is 2.04. The zero-order valence-electron chi connectivity index (χ0n) is 8.09. The van der Waals surface area contributed by atoms with Crippen molar-refractivity contribution in [3.05, 3.63) is 23.0 Å². The largest absolute Gasteiger partial charge is 0.346 e. The molecule has 0 saturated carbocycles. The quantitative estimate of drug-likeness (QED) is 0.660. The molecule has 0 bridgehead atoms. The van der Waals surface area contributed by atoms with E-state index in [1.165, 1.54) is 29.3 Å². The topological polar surface area (TPSA) is 52.6 Å². The van der Waals surface area contributed by atoms with E-state index >= 15 is 0 Å². The first-order valence-corrected chi connectivity index (χ1v) is 4.33. The number of rotatable bonds is 4. The van der Waals surface area contributed by atoms with E-state index in [2.05, 4.69) is 0 Å². The predicted molar refractivity (Wildman–Crippen MR) is 55.2 cm³/mol. The van der Waals surface area contributed by atoms with Crippen LogP contribution in [-0.2, 0) is 13.0 Å².